The Morgan fingerprint density at radius 3 is 3.00 bits per heavy atom. The third-order valence-electron chi connectivity index (χ3n) is 2.35. The average Bonchev–Trinajstić information content (AvgIpc) is 2.12. The van der Waals surface area contributed by atoms with Crippen LogP contribution in [-0.4, -0.2) is 10.6 Å². The molecule has 0 spiro atoms. The van der Waals surface area contributed by atoms with Crippen molar-refractivity contribution in [2.75, 3.05) is 0 Å². The monoisotopic (exact) mass is 179 g/mol. The van der Waals surface area contributed by atoms with Gasteiger partial charge in [-0.1, -0.05) is 0 Å². The van der Waals surface area contributed by atoms with E-state index in [1.165, 1.54) is 6.26 Å². The standard InChI is InChI=1S/C10H10O3/c1-6-5-13-8-4-2-3-7(11)9(8)10(6)12/h5H,2-4H2,1H3/p+1. The van der Waals surface area contributed by atoms with Crippen LogP contribution in [0.2, 0.25) is 0 Å². The maximum Gasteiger partial charge on any atom is 0.360 e. The average molecular weight is 179 g/mol. The van der Waals surface area contributed by atoms with Crippen molar-refractivity contribution in [2.24, 2.45) is 0 Å². The molecule has 2 rings (SSSR count). The number of carbonyl (C=O) groups excluding carboxylic acids is 1. The van der Waals surface area contributed by atoms with Crippen LogP contribution >= 0.6 is 0 Å². The number of fused-ring (bicyclic) bond motifs is 1. The first-order chi connectivity index (χ1) is 6.20. The van der Waals surface area contributed by atoms with Crippen molar-refractivity contribution in [1.82, 2.24) is 0 Å². The van der Waals surface area contributed by atoms with Crippen molar-refractivity contribution < 1.29 is 14.0 Å². The molecular weight excluding hydrogens is 168 g/mol. The Bertz CT molecular complexity index is 415. The van der Waals surface area contributed by atoms with Crippen molar-refractivity contribution >= 4 is 5.78 Å². The molecule has 0 unspecified atom stereocenters. The lowest BCUT2D eigenvalue weighted by Crippen LogP contribution is -2.24. The maximum atomic E-state index is 11.4. The van der Waals surface area contributed by atoms with Crippen molar-refractivity contribution in [3.63, 3.8) is 0 Å². The summed E-state index contributed by atoms with van der Waals surface area (Å²) in [6, 6.07) is 0. The molecule has 13 heavy (non-hydrogen) atoms. The quantitative estimate of drug-likeness (QED) is 0.560. The van der Waals surface area contributed by atoms with Gasteiger partial charge in [-0.05, 0) is 13.3 Å². The summed E-state index contributed by atoms with van der Waals surface area (Å²) in [6.07, 6.45) is 3.57. The molecule has 68 valence electrons. The SMILES string of the molecule is Cc1coc2c(c1=[OH+])C(=O)CCC2. The predicted molar refractivity (Wildman–Crippen MR) is 45.8 cm³/mol. The molecule has 0 amide bonds. The summed E-state index contributed by atoms with van der Waals surface area (Å²) >= 11 is 0. The van der Waals surface area contributed by atoms with Crippen molar-refractivity contribution in [2.45, 2.75) is 26.2 Å². The predicted octanol–water partition coefficient (Wildman–Crippen LogP) is 1.11. The minimum Gasteiger partial charge on any atom is -0.468 e. The van der Waals surface area contributed by atoms with Gasteiger partial charge >= 0.3 is 5.43 Å². The fraction of sp³-hybridized carbons (Fsp3) is 0.400. The molecule has 0 bridgehead atoms. The molecule has 1 aliphatic rings. The molecule has 0 saturated heterocycles. The summed E-state index contributed by atoms with van der Waals surface area (Å²) in [5.74, 6) is 0.616. The van der Waals surface area contributed by atoms with Crippen LogP contribution in [0.3, 0.4) is 0 Å². The molecule has 0 radical (unpaired) electrons. The Morgan fingerprint density at radius 2 is 2.23 bits per heavy atom. The van der Waals surface area contributed by atoms with E-state index in [-0.39, 0.29) is 11.2 Å². The lowest BCUT2D eigenvalue weighted by atomic mass is 9.95. The van der Waals surface area contributed by atoms with Gasteiger partial charge in [0.15, 0.2) is 11.3 Å². The highest BCUT2D eigenvalue weighted by atomic mass is 16.3. The number of aryl methyl sites for hydroxylation is 2. The molecule has 1 aliphatic carbocycles. The van der Waals surface area contributed by atoms with Gasteiger partial charge in [-0.3, -0.25) is 9.59 Å². The third-order valence-corrected chi connectivity index (χ3v) is 2.35. The molecule has 0 fully saturated rings. The van der Waals surface area contributed by atoms with Gasteiger partial charge in [0.25, 0.3) is 0 Å². The molecule has 0 saturated carbocycles. The number of carbonyl (C=O) groups is 1. The molecule has 0 aromatic carbocycles. The second-order valence-electron chi connectivity index (χ2n) is 3.34. The molecule has 0 atom stereocenters. The summed E-state index contributed by atoms with van der Waals surface area (Å²) in [4.78, 5) is 21.1. The van der Waals surface area contributed by atoms with E-state index in [0.29, 0.717) is 23.3 Å². The Balaban J connectivity index is 2.72. The minimum atomic E-state index is -0.00815. The Hall–Kier alpha value is -1.38. The zero-order valence-electron chi connectivity index (χ0n) is 7.46. The van der Waals surface area contributed by atoms with Crippen LogP contribution in [0.5, 0.6) is 0 Å². The van der Waals surface area contributed by atoms with Crippen LogP contribution in [0.1, 0.15) is 34.5 Å². The molecule has 1 aromatic rings. The van der Waals surface area contributed by atoms with Crippen molar-refractivity contribution in [3.8, 4) is 0 Å². The first-order valence-corrected chi connectivity index (χ1v) is 4.36. The van der Waals surface area contributed by atoms with Crippen LogP contribution in [0.4, 0.5) is 0 Å². The van der Waals surface area contributed by atoms with Gasteiger partial charge in [-0.2, -0.15) is 0 Å². The highest BCUT2D eigenvalue weighted by Crippen LogP contribution is 2.18. The van der Waals surface area contributed by atoms with Crippen LogP contribution in [0.25, 0.3) is 0 Å². The molecule has 1 heterocycles. The van der Waals surface area contributed by atoms with Gasteiger partial charge < -0.3 is 4.42 Å². The van der Waals surface area contributed by atoms with Gasteiger partial charge in [-0.25, -0.2) is 0 Å². The lowest BCUT2D eigenvalue weighted by Gasteiger charge is -2.09. The van der Waals surface area contributed by atoms with E-state index in [2.05, 4.69) is 0 Å². The topological polar surface area (TPSA) is 51.6 Å². The Kier molecular flexibility index (Phi) is 1.79. The van der Waals surface area contributed by atoms with Crippen LogP contribution < -0.4 is 5.43 Å². The van der Waals surface area contributed by atoms with E-state index in [1.54, 1.807) is 6.92 Å². The van der Waals surface area contributed by atoms with Gasteiger partial charge in [-0.15, -0.1) is 0 Å². The highest BCUT2D eigenvalue weighted by Gasteiger charge is 2.26. The molecule has 1 N–H and O–H groups in total. The molecule has 0 aliphatic heterocycles. The van der Waals surface area contributed by atoms with E-state index in [0.717, 1.165) is 12.8 Å². The first kappa shape index (κ1) is 8.23. The Morgan fingerprint density at radius 1 is 1.46 bits per heavy atom. The van der Waals surface area contributed by atoms with E-state index in [1.807, 2.05) is 0 Å². The maximum absolute atomic E-state index is 11.4. The zero-order chi connectivity index (χ0) is 9.42. The molecular formula is C10H11O3+. The van der Waals surface area contributed by atoms with E-state index < -0.39 is 0 Å². The summed E-state index contributed by atoms with van der Waals surface area (Å²) in [6.45, 7) is 1.72. The minimum absolute atomic E-state index is 0.00815. The highest BCUT2D eigenvalue weighted by molar-refractivity contribution is 5.97. The van der Waals surface area contributed by atoms with Gasteiger partial charge in [0.1, 0.15) is 12.0 Å². The fourth-order valence-electron chi connectivity index (χ4n) is 1.61. The lowest BCUT2D eigenvalue weighted by molar-refractivity contribution is 0.0962. The second-order valence-corrected chi connectivity index (χ2v) is 3.34. The summed E-state index contributed by atoms with van der Waals surface area (Å²) < 4.78 is 5.25. The smallest absolute Gasteiger partial charge is 0.360 e. The zero-order valence-corrected chi connectivity index (χ0v) is 7.46. The largest absolute Gasteiger partial charge is 0.468 e. The van der Waals surface area contributed by atoms with Gasteiger partial charge in [0.05, 0.1) is 5.56 Å². The number of rotatable bonds is 0. The number of hydrogen-bond donors (Lipinski definition) is 0. The fourth-order valence-corrected chi connectivity index (χ4v) is 1.61. The van der Waals surface area contributed by atoms with E-state index in [9.17, 15) is 9.59 Å². The summed E-state index contributed by atoms with van der Waals surface area (Å²) in [7, 11) is 0. The number of ketones is 1. The van der Waals surface area contributed by atoms with E-state index >= 15 is 0 Å². The Labute approximate surface area is 75.4 Å². The second kappa shape index (κ2) is 2.83. The normalized spacial score (nSPS) is 15.6. The van der Waals surface area contributed by atoms with Crippen molar-refractivity contribution in [3.05, 3.63) is 28.6 Å². The number of Topliss-reactive ketones (excluding diaryl/α,β-unsaturated/α-hetero) is 1. The summed E-state index contributed by atoms with van der Waals surface area (Å²) in [5.41, 5.74) is 1.10. The van der Waals surface area contributed by atoms with Gasteiger partial charge in [0.2, 0.25) is 0 Å². The van der Waals surface area contributed by atoms with Crippen molar-refractivity contribution in [1.29, 1.82) is 0 Å². The third kappa shape index (κ3) is 1.20. The molecule has 3 nitrogen and oxygen atoms in total. The van der Waals surface area contributed by atoms with Crippen LogP contribution in [0.15, 0.2) is 10.7 Å². The molecule has 1 aromatic heterocycles. The summed E-state index contributed by atoms with van der Waals surface area (Å²) in [5, 5.41) is 0. The van der Waals surface area contributed by atoms with Crippen LogP contribution in [-0.2, 0) is 6.42 Å². The van der Waals surface area contributed by atoms with Crippen LogP contribution in [0, 0.1) is 6.92 Å². The molecule has 3 heteroatoms. The van der Waals surface area contributed by atoms with E-state index in [4.69, 9.17) is 4.42 Å². The van der Waals surface area contributed by atoms with Gasteiger partial charge in [0, 0.05) is 12.8 Å². The first-order valence-electron chi connectivity index (χ1n) is 4.36. The number of hydrogen-bond acceptors (Lipinski definition) is 2.